The van der Waals surface area contributed by atoms with Gasteiger partial charge in [0, 0.05) is 0 Å². The van der Waals surface area contributed by atoms with Crippen LogP contribution in [0.15, 0.2) is 0 Å². The zero-order valence-corrected chi connectivity index (χ0v) is 8.65. The Bertz CT molecular complexity index is 121. The van der Waals surface area contributed by atoms with Crippen molar-refractivity contribution in [2.45, 2.75) is 39.2 Å². The maximum atomic E-state index is 2.73. The molecule has 0 atom stereocenters. The quantitative estimate of drug-likeness (QED) is 0.524. The molecule has 0 saturated carbocycles. The molecule has 0 amide bonds. The van der Waals surface area contributed by atoms with Crippen molar-refractivity contribution in [3.8, 4) is 0 Å². The first-order valence-corrected chi connectivity index (χ1v) is 7.73. The molecule has 0 unspecified atom stereocenters. The molecule has 0 aromatic heterocycles. The van der Waals surface area contributed by atoms with Crippen LogP contribution in [-0.2, 0) is 0 Å². The highest BCUT2D eigenvalue weighted by molar-refractivity contribution is 6.83. The van der Waals surface area contributed by atoms with Crippen LogP contribution in [-0.4, -0.2) is 26.1 Å². The normalized spacial score (nSPS) is 22.2. The Morgan fingerprint density at radius 2 is 1.90 bits per heavy atom. The summed E-state index contributed by atoms with van der Waals surface area (Å²) in [5, 5.41) is 0. The van der Waals surface area contributed by atoms with Gasteiger partial charge in [-0.25, -0.2) is 0 Å². The molecular formula is C7H18BNSi. The second-order valence-electron chi connectivity index (χ2n) is 4.36. The highest BCUT2D eigenvalue weighted by Gasteiger charge is 2.33. The summed E-state index contributed by atoms with van der Waals surface area (Å²) in [5.41, 5.74) is 0. The van der Waals surface area contributed by atoms with E-state index in [2.05, 4.69) is 30.9 Å². The summed E-state index contributed by atoms with van der Waals surface area (Å²) < 4.78 is 2.73. The molecule has 0 aromatic rings. The second kappa shape index (κ2) is 2.70. The van der Waals surface area contributed by atoms with Crippen LogP contribution in [0.2, 0.25) is 32.8 Å². The van der Waals surface area contributed by atoms with Gasteiger partial charge in [0.15, 0.2) is 0 Å². The first-order valence-electron chi connectivity index (χ1n) is 4.28. The van der Waals surface area contributed by atoms with Crippen molar-refractivity contribution in [3.05, 3.63) is 0 Å². The molecular weight excluding hydrogens is 137 g/mol. The molecule has 3 heteroatoms. The van der Waals surface area contributed by atoms with E-state index in [9.17, 15) is 0 Å². The van der Waals surface area contributed by atoms with E-state index in [1.54, 1.807) is 0 Å². The van der Waals surface area contributed by atoms with Gasteiger partial charge < -0.3 is 4.48 Å². The minimum Gasteiger partial charge on any atom is -0.365 e. The Hall–Kier alpha value is 0.242. The van der Waals surface area contributed by atoms with Crippen molar-refractivity contribution in [2.24, 2.45) is 0 Å². The number of rotatable bonds is 1. The zero-order valence-electron chi connectivity index (χ0n) is 7.65. The molecule has 0 bridgehead atoms. The van der Waals surface area contributed by atoms with E-state index in [0.717, 1.165) is 6.85 Å². The van der Waals surface area contributed by atoms with Gasteiger partial charge in [0.05, 0.1) is 0 Å². The fourth-order valence-electron chi connectivity index (χ4n) is 1.93. The Balaban J connectivity index is 2.55. The highest BCUT2D eigenvalue weighted by atomic mass is 28.3. The Morgan fingerprint density at radius 1 is 1.30 bits per heavy atom. The summed E-state index contributed by atoms with van der Waals surface area (Å²) in [6.45, 7) is 11.9. The van der Waals surface area contributed by atoms with Crippen LogP contribution in [0, 0.1) is 0 Å². The van der Waals surface area contributed by atoms with E-state index >= 15 is 0 Å². The van der Waals surface area contributed by atoms with Gasteiger partial charge in [0.25, 0.3) is 0 Å². The first kappa shape index (κ1) is 8.34. The second-order valence-corrected chi connectivity index (χ2v) is 9.27. The van der Waals surface area contributed by atoms with Crippen molar-refractivity contribution >= 4 is 15.1 Å². The smallest absolute Gasteiger partial charge is 0.213 e. The fraction of sp³-hybridized carbons (Fsp3) is 1.00. The van der Waals surface area contributed by atoms with E-state index in [4.69, 9.17) is 0 Å². The molecule has 1 saturated heterocycles. The van der Waals surface area contributed by atoms with Gasteiger partial charge in [-0.05, 0) is 13.0 Å². The molecule has 0 N–H and O–H groups in total. The summed E-state index contributed by atoms with van der Waals surface area (Å²) in [6.07, 6.45) is 2.84. The third kappa shape index (κ3) is 1.64. The number of hydrogen-bond donors (Lipinski definition) is 0. The van der Waals surface area contributed by atoms with Gasteiger partial charge in [-0.3, -0.25) is 0 Å². The predicted octanol–water partition coefficient (Wildman–Crippen LogP) is 2.15. The molecule has 1 nitrogen and oxygen atoms in total. The molecule has 1 aliphatic rings. The molecule has 58 valence electrons. The van der Waals surface area contributed by atoms with E-state index < -0.39 is 8.24 Å². The Kier molecular flexibility index (Phi) is 2.25. The highest BCUT2D eigenvalue weighted by Crippen LogP contribution is 2.21. The van der Waals surface area contributed by atoms with Crippen LogP contribution in [0.3, 0.4) is 0 Å². The van der Waals surface area contributed by atoms with Crippen molar-refractivity contribution in [1.82, 2.24) is 4.48 Å². The monoisotopic (exact) mass is 155 g/mol. The van der Waals surface area contributed by atoms with Gasteiger partial charge in [-0.1, -0.05) is 32.8 Å². The topological polar surface area (TPSA) is 3.24 Å². The summed E-state index contributed by atoms with van der Waals surface area (Å²) in [7, 11) is -0.954. The van der Waals surface area contributed by atoms with Gasteiger partial charge in [-0.15, -0.1) is 0 Å². The average molecular weight is 155 g/mol. The third-order valence-corrected chi connectivity index (χ3v) is 4.80. The van der Waals surface area contributed by atoms with E-state index in [1.165, 1.54) is 19.3 Å². The standard InChI is InChI=1S/C7H18BNSi/c1-8-6-5-7-9(8)10(2,3)4/h5-7H2,1-4H3. The van der Waals surface area contributed by atoms with Crippen molar-refractivity contribution < 1.29 is 0 Å². The molecule has 1 rings (SSSR count). The van der Waals surface area contributed by atoms with Gasteiger partial charge >= 0.3 is 0 Å². The molecule has 0 spiro atoms. The van der Waals surface area contributed by atoms with E-state index in [-0.39, 0.29) is 0 Å². The molecule has 1 fully saturated rings. The lowest BCUT2D eigenvalue weighted by Crippen LogP contribution is -2.49. The van der Waals surface area contributed by atoms with E-state index in [1.807, 2.05) is 0 Å². The summed E-state index contributed by atoms with van der Waals surface area (Å²) in [4.78, 5) is 0. The Labute approximate surface area is 66.0 Å². The Morgan fingerprint density at radius 3 is 2.10 bits per heavy atom. The first-order chi connectivity index (χ1) is 4.52. The maximum absolute atomic E-state index is 2.73. The van der Waals surface area contributed by atoms with Crippen LogP contribution in [0.25, 0.3) is 0 Å². The lowest BCUT2D eigenvalue weighted by atomic mass is 9.64. The third-order valence-electron chi connectivity index (χ3n) is 2.41. The van der Waals surface area contributed by atoms with Crippen LogP contribution in [0.1, 0.15) is 6.42 Å². The molecule has 1 aliphatic heterocycles. The minimum atomic E-state index is -0.954. The lowest BCUT2D eigenvalue weighted by molar-refractivity contribution is 0.674. The molecule has 0 aromatic carbocycles. The summed E-state index contributed by atoms with van der Waals surface area (Å²) in [5.74, 6) is 0. The summed E-state index contributed by atoms with van der Waals surface area (Å²) in [6, 6.07) is 0. The molecule has 10 heavy (non-hydrogen) atoms. The van der Waals surface area contributed by atoms with Crippen molar-refractivity contribution in [1.29, 1.82) is 0 Å². The lowest BCUT2D eigenvalue weighted by Gasteiger charge is -2.32. The number of nitrogens with zero attached hydrogens (tertiary/aromatic N) is 1. The van der Waals surface area contributed by atoms with Gasteiger partial charge in [0.2, 0.25) is 6.85 Å². The van der Waals surface area contributed by atoms with Crippen molar-refractivity contribution in [2.75, 3.05) is 6.54 Å². The minimum absolute atomic E-state index is 0.867. The van der Waals surface area contributed by atoms with Crippen LogP contribution < -0.4 is 0 Å². The largest absolute Gasteiger partial charge is 0.365 e. The molecule has 0 aliphatic carbocycles. The van der Waals surface area contributed by atoms with Crippen LogP contribution in [0.5, 0.6) is 0 Å². The molecule has 0 radical (unpaired) electrons. The fourth-order valence-corrected chi connectivity index (χ4v) is 4.21. The zero-order chi connectivity index (χ0) is 7.78. The SMILES string of the molecule is CB1CCCN1[Si](C)(C)C. The van der Waals surface area contributed by atoms with Crippen LogP contribution in [0.4, 0.5) is 0 Å². The van der Waals surface area contributed by atoms with Crippen LogP contribution >= 0.6 is 0 Å². The predicted molar refractivity (Wildman–Crippen MR) is 51.1 cm³/mol. The summed E-state index contributed by atoms with van der Waals surface area (Å²) >= 11 is 0. The molecule has 1 heterocycles. The van der Waals surface area contributed by atoms with Crippen molar-refractivity contribution in [3.63, 3.8) is 0 Å². The average Bonchev–Trinajstić information content (AvgIpc) is 2.11. The van der Waals surface area contributed by atoms with E-state index in [0.29, 0.717) is 0 Å². The van der Waals surface area contributed by atoms with Gasteiger partial charge in [-0.2, -0.15) is 0 Å². The number of hydrogen-bond acceptors (Lipinski definition) is 1. The maximum Gasteiger partial charge on any atom is 0.213 e. The van der Waals surface area contributed by atoms with Gasteiger partial charge in [0.1, 0.15) is 8.24 Å².